The minimum atomic E-state index is -0.541. The third kappa shape index (κ3) is 3.62. The minimum absolute atomic E-state index is 0.439. The lowest BCUT2D eigenvalue weighted by atomic mass is 10.1. The van der Waals surface area contributed by atoms with E-state index in [1.165, 1.54) is 6.20 Å². The van der Waals surface area contributed by atoms with Crippen molar-refractivity contribution in [2.24, 2.45) is 11.6 Å². The van der Waals surface area contributed by atoms with E-state index in [2.05, 4.69) is 10.7 Å². The monoisotopic (exact) mass is 158 g/mol. The van der Waals surface area contributed by atoms with Crippen LogP contribution in [0.15, 0.2) is 11.8 Å². The lowest BCUT2D eigenvalue weighted by Gasteiger charge is -2.00. The maximum absolute atomic E-state index is 10.8. The van der Waals surface area contributed by atoms with Gasteiger partial charge in [-0.1, -0.05) is 13.3 Å². The lowest BCUT2D eigenvalue weighted by molar-refractivity contribution is -0.139. The first-order valence-electron chi connectivity index (χ1n) is 3.58. The fraction of sp³-hybridized carbons (Fsp3) is 0.571. The molecule has 0 aromatic rings. The normalized spacial score (nSPS) is 11.3. The Morgan fingerprint density at radius 3 is 2.64 bits per heavy atom. The van der Waals surface area contributed by atoms with Crippen LogP contribution in [0.5, 0.6) is 0 Å². The highest BCUT2D eigenvalue weighted by Gasteiger charge is 2.07. The average Bonchev–Trinajstić information content (AvgIpc) is 2.05. The number of unbranched alkanes of at least 4 members (excludes halogenated alkanes) is 1. The van der Waals surface area contributed by atoms with E-state index >= 15 is 0 Å². The Bertz CT molecular complexity index is 155. The Kier molecular flexibility index (Phi) is 5.20. The van der Waals surface area contributed by atoms with Crippen LogP contribution in [-0.2, 0) is 9.63 Å². The highest BCUT2D eigenvalue weighted by atomic mass is 16.7. The van der Waals surface area contributed by atoms with Crippen molar-refractivity contribution in [1.29, 1.82) is 0 Å². The summed E-state index contributed by atoms with van der Waals surface area (Å²) in [7, 11) is 0. The van der Waals surface area contributed by atoms with Gasteiger partial charge in [0.15, 0.2) is 0 Å². The SMILES string of the molecule is CCCCC(=CN)C(=O)ON. The van der Waals surface area contributed by atoms with Gasteiger partial charge in [0, 0.05) is 6.20 Å². The van der Waals surface area contributed by atoms with Gasteiger partial charge in [0.2, 0.25) is 0 Å². The molecule has 0 aromatic heterocycles. The molecule has 0 radical (unpaired) electrons. The Balaban J connectivity index is 3.87. The number of hydrogen-bond donors (Lipinski definition) is 2. The van der Waals surface area contributed by atoms with Crippen molar-refractivity contribution in [2.45, 2.75) is 26.2 Å². The zero-order chi connectivity index (χ0) is 8.69. The van der Waals surface area contributed by atoms with E-state index < -0.39 is 5.97 Å². The molecule has 0 atom stereocenters. The quantitative estimate of drug-likeness (QED) is 0.459. The molecule has 0 rings (SSSR count). The standard InChI is InChI=1S/C7H14N2O2/c1-2-3-4-6(5-8)7(10)11-9/h5H,2-4,8-9H2,1H3. The van der Waals surface area contributed by atoms with Crippen LogP contribution in [0, 0.1) is 0 Å². The Morgan fingerprint density at radius 1 is 1.64 bits per heavy atom. The first kappa shape index (κ1) is 9.97. The van der Waals surface area contributed by atoms with Crippen LogP contribution in [0.2, 0.25) is 0 Å². The molecule has 64 valence electrons. The van der Waals surface area contributed by atoms with Crippen molar-refractivity contribution in [3.8, 4) is 0 Å². The van der Waals surface area contributed by atoms with Gasteiger partial charge in [-0.15, -0.1) is 0 Å². The number of carbonyl (C=O) groups excluding carboxylic acids is 1. The number of rotatable bonds is 4. The van der Waals surface area contributed by atoms with Gasteiger partial charge in [-0.2, -0.15) is 5.90 Å². The van der Waals surface area contributed by atoms with Gasteiger partial charge in [-0.05, 0) is 12.8 Å². The van der Waals surface area contributed by atoms with Gasteiger partial charge in [-0.3, -0.25) is 0 Å². The topological polar surface area (TPSA) is 78.3 Å². The summed E-state index contributed by atoms with van der Waals surface area (Å²) < 4.78 is 0. The van der Waals surface area contributed by atoms with Crippen LogP contribution in [0.1, 0.15) is 26.2 Å². The first-order valence-corrected chi connectivity index (χ1v) is 3.58. The maximum atomic E-state index is 10.8. The molecule has 4 nitrogen and oxygen atoms in total. The van der Waals surface area contributed by atoms with Crippen LogP contribution in [0.3, 0.4) is 0 Å². The predicted octanol–water partition coefficient (Wildman–Crippen LogP) is 0.436. The molecule has 4 N–H and O–H groups in total. The van der Waals surface area contributed by atoms with Crippen LogP contribution in [0.4, 0.5) is 0 Å². The smallest absolute Gasteiger partial charge is 0.353 e. The third-order valence-electron chi connectivity index (χ3n) is 1.37. The van der Waals surface area contributed by atoms with E-state index in [1.807, 2.05) is 6.92 Å². The summed E-state index contributed by atoms with van der Waals surface area (Å²) in [5.74, 6) is 4.13. The molecule has 0 unspecified atom stereocenters. The van der Waals surface area contributed by atoms with E-state index in [1.54, 1.807) is 0 Å². The van der Waals surface area contributed by atoms with Crippen molar-refractivity contribution in [2.75, 3.05) is 0 Å². The molecule has 0 amide bonds. The van der Waals surface area contributed by atoms with Gasteiger partial charge in [0.25, 0.3) is 0 Å². The van der Waals surface area contributed by atoms with E-state index in [9.17, 15) is 4.79 Å². The highest BCUT2D eigenvalue weighted by molar-refractivity contribution is 5.87. The fourth-order valence-corrected chi connectivity index (χ4v) is 0.696. The van der Waals surface area contributed by atoms with E-state index in [4.69, 9.17) is 5.73 Å². The summed E-state index contributed by atoms with van der Waals surface area (Å²) >= 11 is 0. The van der Waals surface area contributed by atoms with Crippen molar-refractivity contribution < 1.29 is 9.63 Å². The molecule has 0 fully saturated rings. The molecule has 11 heavy (non-hydrogen) atoms. The molecule has 0 saturated carbocycles. The summed E-state index contributed by atoms with van der Waals surface area (Å²) in [6.07, 6.45) is 3.79. The van der Waals surface area contributed by atoms with Crippen molar-refractivity contribution in [1.82, 2.24) is 0 Å². The minimum Gasteiger partial charge on any atom is -0.404 e. The third-order valence-corrected chi connectivity index (χ3v) is 1.37. The molecule has 0 saturated heterocycles. The molecule has 4 heteroatoms. The predicted molar refractivity (Wildman–Crippen MR) is 42.1 cm³/mol. The van der Waals surface area contributed by atoms with Crippen molar-refractivity contribution in [3.63, 3.8) is 0 Å². The summed E-state index contributed by atoms with van der Waals surface area (Å²) in [6, 6.07) is 0. The largest absolute Gasteiger partial charge is 0.404 e. The molecule has 0 spiro atoms. The molecule has 0 aliphatic heterocycles. The van der Waals surface area contributed by atoms with Gasteiger partial charge in [0.1, 0.15) is 0 Å². The molecule has 0 bridgehead atoms. The Labute approximate surface area is 66.1 Å². The highest BCUT2D eigenvalue weighted by Crippen LogP contribution is 2.06. The van der Waals surface area contributed by atoms with Crippen LogP contribution in [0.25, 0.3) is 0 Å². The van der Waals surface area contributed by atoms with Crippen molar-refractivity contribution >= 4 is 5.97 Å². The van der Waals surface area contributed by atoms with E-state index in [-0.39, 0.29) is 0 Å². The second-order valence-electron chi connectivity index (χ2n) is 2.20. The molecular formula is C7H14N2O2. The zero-order valence-corrected chi connectivity index (χ0v) is 6.67. The van der Waals surface area contributed by atoms with Crippen molar-refractivity contribution in [3.05, 3.63) is 11.8 Å². The van der Waals surface area contributed by atoms with Gasteiger partial charge >= 0.3 is 5.97 Å². The van der Waals surface area contributed by atoms with Gasteiger partial charge in [-0.25, -0.2) is 4.79 Å². The molecule has 0 aromatic carbocycles. The van der Waals surface area contributed by atoms with Crippen LogP contribution >= 0.6 is 0 Å². The molecule has 0 aliphatic carbocycles. The maximum Gasteiger partial charge on any atom is 0.353 e. The summed E-state index contributed by atoms with van der Waals surface area (Å²) in [4.78, 5) is 14.8. The molecule has 0 aliphatic rings. The van der Waals surface area contributed by atoms with Gasteiger partial charge in [0.05, 0.1) is 5.57 Å². The second kappa shape index (κ2) is 5.73. The number of hydrogen-bond acceptors (Lipinski definition) is 4. The summed E-state index contributed by atoms with van der Waals surface area (Å²) in [5, 5.41) is 0. The average molecular weight is 158 g/mol. The van der Waals surface area contributed by atoms with Crippen LogP contribution < -0.4 is 11.6 Å². The summed E-state index contributed by atoms with van der Waals surface area (Å²) in [6.45, 7) is 2.03. The summed E-state index contributed by atoms with van der Waals surface area (Å²) in [5.41, 5.74) is 5.61. The zero-order valence-electron chi connectivity index (χ0n) is 6.67. The van der Waals surface area contributed by atoms with Crippen LogP contribution in [-0.4, -0.2) is 5.97 Å². The second-order valence-corrected chi connectivity index (χ2v) is 2.20. The number of carbonyl (C=O) groups is 1. The molecular weight excluding hydrogens is 144 g/mol. The first-order chi connectivity index (χ1) is 5.26. The Morgan fingerprint density at radius 2 is 2.27 bits per heavy atom. The molecule has 0 heterocycles. The fourth-order valence-electron chi connectivity index (χ4n) is 0.696. The van der Waals surface area contributed by atoms with E-state index in [0.29, 0.717) is 12.0 Å². The Hall–Kier alpha value is -1.03. The number of nitrogens with two attached hydrogens (primary N) is 2. The lowest BCUT2D eigenvalue weighted by Crippen LogP contribution is -2.13. The van der Waals surface area contributed by atoms with Gasteiger partial charge < -0.3 is 10.6 Å². The van der Waals surface area contributed by atoms with E-state index in [0.717, 1.165) is 12.8 Å².